The molecular formula is C23H22BNO2. The number of hydrogen-bond acceptors (Lipinski definition) is 3. The fourth-order valence-corrected chi connectivity index (χ4v) is 3.94. The van der Waals surface area contributed by atoms with E-state index in [-0.39, 0.29) is 18.3 Å². The first-order chi connectivity index (χ1) is 12.9. The maximum atomic E-state index is 6.26. The molecule has 0 saturated carbocycles. The van der Waals surface area contributed by atoms with E-state index in [1.165, 1.54) is 32.3 Å². The van der Waals surface area contributed by atoms with Crippen LogP contribution in [-0.2, 0) is 9.31 Å². The van der Waals surface area contributed by atoms with E-state index in [0.717, 1.165) is 5.46 Å². The second-order valence-corrected chi connectivity index (χ2v) is 8.36. The molecule has 0 N–H and O–H groups in total. The van der Waals surface area contributed by atoms with Gasteiger partial charge in [-0.2, -0.15) is 0 Å². The molecule has 0 radical (unpaired) electrons. The first-order valence-corrected chi connectivity index (χ1v) is 9.41. The van der Waals surface area contributed by atoms with Crippen LogP contribution in [0, 0.1) is 0 Å². The van der Waals surface area contributed by atoms with Gasteiger partial charge in [0.05, 0.1) is 11.2 Å². The molecule has 3 nitrogen and oxygen atoms in total. The van der Waals surface area contributed by atoms with Crippen LogP contribution >= 0.6 is 0 Å². The predicted molar refractivity (Wildman–Crippen MR) is 112 cm³/mol. The molecule has 4 heteroatoms. The summed E-state index contributed by atoms with van der Waals surface area (Å²) in [7, 11) is -0.359. The summed E-state index contributed by atoms with van der Waals surface area (Å²) in [6.45, 7) is 8.34. The number of aromatic nitrogens is 1. The third kappa shape index (κ3) is 2.40. The average molecular weight is 355 g/mol. The SMILES string of the molecule is CC1(C)OB(c2ccc3c4ccccc4c4cnccc4c3c2)OC1(C)C. The maximum Gasteiger partial charge on any atom is 0.494 e. The van der Waals surface area contributed by atoms with Crippen molar-refractivity contribution in [2.24, 2.45) is 0 Å². The molecular weight excluding hydrogens is 333 g/mol. The normalized spacial score (nSPS) is 18.6. The molecule has 0 atom stereocenters. The van der Waals surface area contributed by atoms with E-state index in [9.17, 15) is 0 Å². The molecule has 0 aliphatic carbocycles. The standard InChI is InChI=1S/C23H22BNO2/c1-22(2)23(3,4)27-24(26-22)15-9-10-18-16-7-5-6-8-17(16)21-14-25-12-11-19(21)20(18)13-15/h5-14H,1-4H3. The summed E-state index contributed by atoms with van der Waals surface area (Å²) < 4.78 is 12.5. The van der Waals surface area contributed by atoms with Gasteiger partial charge in [0.2, 0.25) is 0 Å². The Morgan fingerprint density at radius 3 is 2.00 bits per heavy atom. The van der Waals surface area contributed by atoms with Gasteiger partial charge in [0.1, 0.15) is 0 Å². The minimum atomic E-state index is -0.359. The molecule has 3 aromatic carbocycles. The number of pyridine rings is 1. The molecule has 0 bridgehead atoms. The van der Waals surface area contributed by atoms with Crippen LogP contribution in [0.25, 0.3) is 32.3 Å². The van der Waals surface area contributed by atoms with Crippen molar-refractivity contribution in [3.05, 3.63) is 60.9 Å². The number of rotatable bonds is 1. The highest BCUT2D eigenvalue weighted by Crippen LogP contribution is 2.38. The van der Waals surface area contributed by atoms with E-state index in [4.69, 9.17) is 9.31 Å². The van der Waals surface area contributed by atoms with E-state index < -0.39 is 0 Å². The van der Waals surface area contributed by atoms with Gasteiger partial charge in [-0.3, -0.25) is 4.98 Å². The third-order valence-electron chi connectivity index (χ3n) is 6.19. The van der Waals surface area contributed by atoms with Crippen LogP contribution in [0.5, 0.6) is 0 Å². The van der Waals surface area contributed by atoms with Crippen LogP contribution < -0.4 is 5.46 Å². The molecule has 1 aliphatic rings. The summed E-state index contributed by atoms with van der Waals surface area (Å²) in [5.41, 5.74) is 0.360. The van der Waals surface area contributed by atoms with Gasteiger partial charge >= 0.3 is 7.12 Å². The van der Waals surface area contributed by atoms with Gasteiger partial charge in [-0.25, -0.2) is 0 Å². The van der Waals surface area contributed by atoms with E-state index >= 15 is 0 Å². The molecule has 1 saturated heterocycles. The van der Waals surface area contributed by atoms with Crippen molar-refractivity contribution in [1.82, 2.24) is 4.98 Å². The van der Waals surface area contributed by atoms with Crippen molar-refractivity contribution in [2.45, 2.75) is 38.9 Å². The molecule has 27 heavy (non-hydrogen) atoms. The lowest BCUT2D eigenvalue weighted by Gasteiger charge is -2.32. The summed E-state index contributed by atoms with van der Waals surface area (Å²) in [5, 5.41) is 7.30. The van der Waals surface area contributed by atoms with Crippen molar-refractivity contribution >= 4 is 44.9 Å². The zero-order valence-corrected chi connectivity index (χ0v) is 16.1. The second-order valence-electron chi connectivity index (χ2n) is 8.36. The zero-order chi connectivity index (χ0) is 18.8. The number of hydrogen-bond donors (Lipinski definition) is 0. The van der Waals surface area contributed by atoms with E-state index in [0.29, 0.717) is 0 Å². The van der Waals surface area contributed by atoms with Gasteiger partial charge in [0, 0.05) is 17.8 Å². The summed E-state index contributed by atoms with van der Waals surface area (Å²) in [6.07, 6.45) is 3.82. The first kappa shape index (κ1) is 16.7. The van der Waals surface area contributed by atoms with Crippen molar-refractivity contribution in [2.75, 3.05) is 0 Å². The molecule has 1 fully saturated rings. The van der Waals surface area contributed by atoms with Crippen molar-refractivity contribution in [3.8, 4) is 0 Å². The van der Waals surface area contributed by atoms with Crippen LogP contribution in [0.15, 0.2) is 60.9 Å². The fourth-order valence-electron chi connectivity index (χ4n) is 3.94. The molecule has 2 heterocycles. The highest BCUT2D eigenvalue weighted by Gasteiger charge is 2.51. The number of nitrogens with zero attached hydrogens (tertiary/aromatic N) is 1. The molecule has 4 aromatic rings. The van der Waals surface area contributed by atoms with Crippen LogP contribution in [0.3, 0.4) is 0 Å². The van der Waals surface area contributed by atoms with Crippen LogP contribution in [0.4, 0.5) is 0 Å². The van der Waals surface area contributed by atoms with Gasteiger partial charge in [0.15, 0.2) is 0 Å². The summed E-state index contributed by atoms with van der Waals surface area (Å²) >= 11 is 0. The topological polar surface area (TPSA) is 31.4 Å². The van der Waals surface area contributed by atoms with Crippen molar-refractivity contribution in [1.29, 1.82) is 0 Å². The van der Waals surface area contributed by atoms with Gasteiger partial charge in [0.25, 0.3) is 0 Å². The lowest BCUT2D eigenvalue weighted by Crippen LogP contribution is -2.41. The molecule has 0 spiro atoms. The van der Waals surface area contributed by atoms with E-state index in [1.807, 2.05) is 12.4 Å². The quantitative estimate of drug-likeness (QED) is 0.362. The summed E-state index contributed by atoms with van der Waals surface area (Å²) in [6, 6.07) is 17.1. The lowest BCUT2D eigenvalue weighted by molar-refractivity contribution is 0.00578. The Morgan fingerprint density at radius 1 is 0.704 bits per heavy atom. The first-order valence-electron chi connectivity index (χ1n) is 9.41. The molecule has 1 aromatic heterocycles. The lowest BCUT2D eigenvalue weighted by atomic mass is 9.77. The highest BCUT2D eigenvalue weighted by atomic mass is 16.7. The zero-order valence-electron chi connectivity index (χ0n) is 16.1. The Hall–Kier alpha value is -2.43. The Labute approximate surface area is 159 Å². The van der Waals surface area contributed by atoms with Crippen molar-refractivity contribution in [3.63, 3.8) is 0 Å². The smallest absolute Gasteiger partial charge is 0.399 e. The average Bonchev–Trinajstić information content (AvgIpc) is 2.89. The predicted octanol–water partition coefficient (Wildman–Crippen LogP) is 4.84. The Balaban J connectivity index is 1.78. The largest absolute Gasteiger partial charge is 0.494 e. The second kappa shape index (κ2) is 5.54. The van der Waals surface area contributed by atoms with Gasteiger partial charge in [-0.1, -0.05) is 42.5 Å². The van der Waals surface area contributed by atoms with Gasteiger partial charge in [-0.05, 0) is 66.2 Å². The Kier molecular flexibility index (Phi) is 3.43. The molecule has 1 aliphatic heterocycles. The number of fused-ring (bicyclic) bond motifs is 6. The third-order valence-corrected chi connectivity index (χ3v) is 6.19. The van der Waals surface area contributed by atoms with Crippen molar-refractivity contribution < 1.29 is 9.31 Å². The van der Waals surface area contributed by atoms with Gasteiger partial charge < -0.3 is 9.31 Å². The van der Waals surface area contributed by atoms with Crippen LogP contribution in [-0.4, -0.2) is 23.3 Å². The van der Waals surface area contributed by atoms with E-state index in [2.05, 4.69) is 81.2 Å². The number of benzene rings is 3. The molecule has 5 rings (SSSR count). The Morgan fingerprint density at radius 2 is 1.30 bits per heavy atom. The van der Waals surface area contributed by atoms with Crippen LogP contribution in [0.1, 0.15) is 27.7 Å². The highest BCUT2D eigenvalue weighted by molar-refractivity contribution is 6.62. The minimum absolute atomic E-state index is 0.345. The maximum absolute atomic E-state index is 6.26. The van der Waals surface area contributed by atoms with Gasteiger partial charge in [-0.15, -0.1) is 0 Å². The minimum Gasteiger partial charge on any atom is -0.399 e. The fraction of sp³-hybridized carbons (Fsp3) is 0.261. The Bertz CT molecular complexity index is 1150. The summed E-state index contributed by atoms with van der Waals surface area (Å²) in [5.74, 6) is 0. The van der Waals surface area contributed by atoms with Crippen LogP contribution in [0.2, 0.25) is 0 Å². The summed E-state index contributed by atoms with van der Waals surface area (Å²) in [4.78, 5) is 4.36. The van der Waals surface area contributed by atoms with E-state index in [1.54, 1.807) is 0 Å². The molecule has 0 amide bonds. The monoisotopic (exact) mass is 355 g/mol. The molecule has 134 valence electrons. The molecule has 0 unspecified atom stereocenters.